The zero-order chi connectivity index (χ0) is 13.2. The van der Waals surface area contributed by atoms with Crippen molar-refractivity contribution in [1.82, 2.24) is 0 Å². The summed E-state index contributed by atoms with van der Waals surface area (Å²) in [6.45, 7) is -0.595. The number of hydrogen-bond donors (Lipinski definition) is 6. The third kappa shape index (κ3) is 3.62. The Morgan fingerprint density at radius 1 is 1.35 bits per heavy atom. The first-order chi connectivity index (χ1) is 7.84. The molecule has 1 aliphatic rings. The predicted molar refractivity (Wildman–Crippen MR) is 52.7 cm³/mol. The smallest absolute Gasteiger partial charge is 0.388 e. The van der Waals surface area contributed by atoms with Crippen LogP contribution < -0.4 is 5.73 Å². The van der Waals surface area contributed by atoms with Crippen molar-refractivity contribution in [3.8, 4) is 0 Å². The molecule has 0 amide bonds. The molecule has 7 unspecified atom stereocenters. The van der Waals surface area contributed by atoms with E-state index in [-0.39, 0.29) is 0 Å². The fourth-order valence-corrected chi connectivity index (χ4v) is 1.76. The van der Waals surface area contributed by atoms with Crippen LogP contribution >= 0.6 is 8.25 Å². The van der Waals surface area contributed by atoms with Gasteiger partial charge in [-0.3, -0.25) is 0 Å². The van der Waals surface area contributed by atoms with Gasteiger partial charge in [0.15, 0.2) is 6.29 Å². The molecule has 7 atom stereocenters. The van der Waals surface area contributed by atoms with Crippen molar-refractivity contribution in [2.24, 2.45) is 5.73 Å². The molecule has 10 heteroatoms. The second kappa shape index (κ2) is 6.10. The molecule has 0 bridgehead atoms. The second-order valence-corrected chi connectivity index (χ2v) is 4.38. The van der Waals surface area contributed by atoms with Crippen molar-refractivity contribution in [2.75, 3.05) is 6.61 Å². The molecule has 7 N–H and O–H groups in total. The van der Waals surface area contributed by atoms with E-state index < -0.39 is 51.6 Å². The molecule has 0 aromatic heterocycles. The molecule has 0 spiro atoms. The molecule has 1 saturated heterocycles. The zero-order valence-electron chi connectivity index (χ0n) is 8.66. The Hall–Kier alpha value is -0.220. The molecule has 1 aliphatic heterocycles. The lowest BCUT2D eigenvalue weighted by atomic mass is 9.94. The first-order valence-electron chi connectivity index (χ1n) is 4.77. The van der Waals surface area contributed by atoms with Crippen LogP contribution in [0.15, 0.2) is 0 Å². The van der Waals surface area contributed by atoms with Crippen molar-refractivity contribution in [1.29, 1.82) is 0 Å². The van der Waals surface area contributed by atoms with Crippen molar-refractivity contribution >= 4 is 8.25 Å². The van der Waals surface area contributed by atoms with E-state index in [0.717, 1.165) is 0 Å². The normalized spacial score (nSPS) is 41.1. The van der Waals surface area contributed by atoms with Gasteiger partial charge in [-0.15, -0.1) is 9.42 Å². The van der Waals surface area contributed by atoms with E-state index in [2.05, 4.69) is 4.52 Å². The SMILES string of the molecule is NC1C(O)OC(C(O)CO[P+](=O)O)C(O)C1O. The van der Waals surface area contributed by atoms with Crippen LogP contribution in [-0.2, 0) is 13.8 Å². The average molecular weight is 272 g/mol. The summed E-state index contributed by atoms with van der Waals surface area (Å²) >= 11 is 0. The van der Waals surface area contributed by atoms with E-state index in [4.69, 9.17) is 15.4 Å². The Morgan fingerprint density at radius 3 is 2.47 bits per heavy atom. The van der Waals surface area contributed by atoms with E-state index in [9.17, 15) is 25.0 Å². The highest BCUT2D eigenvalue weighted by molar-refractivity contribution is 7.32. The van der Waals surface area contributed by atoms with Crippen LogP contribution in [0, 0.1) is 0 Å². The number of aliphatic hydroxyl groups is 4. The second-order valence-electron chi connectivity index (χ2n) is 3.65. The zero-order valence-corrected chi connectivity index (χ0v) is 9.55. The van der Waals surface area contributed by atoms with Gasteiger partial charge in [0.1, 0.15) is 31.0 Å². The molecule has 0 saturated carbocycles. The summed E-state index contributed by atoms with van der Waals surface area (Å²) in [6, 6.07) is -1.20. The summed E-state index contributed by atoms with van der Waals surface area (Å²) in [6.07, 6.45) is -7.44. The fourth-order valence-electron chi connectivity index (χ4n) is 1.48. The van der Waals surface area contributed by atoms with Crippen molar-refractivity contribution in [3.63, 3.8) is 0 Å². The molecular formula is C7H15NO8P+. The van der Waals surface area contributed by atoms with Crippen LogP contribution in [0.4, 0.5) is 0 Å². The topological polar surface area (TPSA) is 163 Å². The number of ether oxygens (including phenoxy) is 1. The highest BCUT2D eigenvalue weighted by Gasteiger charge is 2.45. The van der Waals surface area contributed by atoms with Gasteiger partial charge in [0.05, 0.1) is 6.04 Å². The van der Waals surface area contributed by atoms with E-state index in [1.54, 1.807) is 0 Å². The van der Waals surface area contributed by atoms with Crippen LogP contribution in [0.1, 0.15) is 0 Å². The number of aliphatic hydroxyl groups excluding tert-OH is 4. The maximum atomic E-state index is 10.2. The van der Waals surface area contributed by atoms with Gasteiger partial charge in [-0.25, -0.2) is 0 Å². The molecule has 9 nitrogen and oxygen atoms in total. The molecule has 100 valence electrons. The Bertz CT molecular complexity index is 279. The van der Waals surface area contributed by atoms with Crippen molar-refractivity contribution < 1.29 is 39.1 Å². The number of nitrogens with two attached hydrogens (primary N) is 1. The van der Waals surface area contributed by atoms with Crippen LogP contribution in [0.25, 0.3) is 0 Å². The molecule has 1 heterocycles. The van der Waals surface area contributed by atoms with Gasteiger partial charge in [-0.1, -0.05) is 0 Å². The first-order valence-corrected chi connectivity index (χ1v) is 5.90. The highest BCUT2D eigenvalue weighted by atomic mass is 31.1. The van der Waals surface area contributed by atoms with Gasteiger partial charge in [-0.2, -0.15) is 0 Å². The third-order valence-electron chi connectivity index (χ3n) is 2.44. The molecule has 1 fully saturated rings. The van der Waals surface area contributed by atoms with Crippen LogP contribution in [0.3, 0.4) is 0 Å². The van der Waals surface area contributed by atoms with Crippen molar-refractivity contribution in [3.05, 3.63) is 0 Å². The monoisotopic (exact) mass is 272 g/mol. The summed E-state index contributed by atoms with van der Waals surface area (Å²) in [5.74, 6) is 0. The lowest BCUT2D eigenvalue weighted by molar-refractivity contribution is -0.264. The summed E-state index contributed by atoms with van der Waals surface area (Å²) in [4.78, 5) is 8.37. The minimum Gasteiger partial charge on any atom is -0.388 e. The van der Waals surface area contributed by atoms with Crippen LogP contribution in [0.2, 0.25) is 0 Å². The third-order valence-corrected chi connectivity index (χ3v) is 2.81. The van der Waals surface area contributed by atoms with Crippen molar-refractivity contribution in [2.45, 2.75) is 36.7 Å². The summed E-state index contributed by atoms with van der Waals surface area (Å²) < 4.78 is 19.3. The summed E-state index contributed by atoms with van der Waals surface area (Å²) in [7, 11) is -2.90. The molecule has 1 rings (SSSR count). The molecule has 0 radical (unpaired) electrons. The van der Waals surface area contributed by atoms with Gasteiger partial charge >= 0.3 is 8.25 Å². The molecule has 17 heavy (non-hydrogen) atoms. The van der Waals surface area contributed by atoms with E-state index >= 15 is 0 Å². The van der Waals surface area contributed by atoms with E-state index in [1.807, 2.05) is 0 Å². The fraction of sp³-hybridized carbons (Fsp3) is 1.00. The standard InChI is InChI=1S/C7H14NO8P/c8-3-4(10)5(11)6(16-7(3)12)2(9)1-15-17(13)14/h2-7,9-12H,1,8H2/p+1. The van der Waals surface area contributed by atoms with Gasteiger partial charge in [0.2, 0.25) is 0 Å². The van der Waals surface area contributed by atoms with Gasteiger partial charge < -0.3 is 30.9 Å². The first kappa shape index (κ1) is 14.8. The number of hydrogen-bond acceptors (Lipinski definition) is 8. The maximum absolute atomic E-state index is 10.2. The van der Waals surface area contributed by atoms with Gasteiger partial charge in [-0.05, 0) is 0 Å². The molecule has 0 aromatic rings. The summed E-state index contributed by atoms with van der Waals surface area (Å²) in [5.41, 5.74) is 5.31. The van der Waals surface area contributed by atoms with E-state index in [0.29, 0.717) is 0 Å². The van der Waals surface area contributed by atoms with E-state index in [1.165, 1.54) is 0 Å². The van der Waals surface area contributed by atoms with Crippen LogP contribution in [0.5, 0.6) is 0 Å². The maximum Gasteiger partial charge on any atom is 0.694 e. The largest absolute Gasteiger partial charge is 0.694 e. The quantitative estimate of drug-likeness (QED) is 0.289. The minimum atomic E-state index is -2.90. The molecule has 0 aromatic carbocycles. The highest BCUT2D eigenvalue weighted by Crippen LogP contribution is 2.23. The Kier molecular flexibility index (Phi) is 5.32. The Morgan fingerprint density at radius 2 is 1.94 bits per heavy atom. The Labute approximate surface area is 97.3 Å². The lowest BCUT2D eigenvalue weighted by Gasteiger charge is -2.40. The molecule has 0 aliphatic carbocycles. The van der Waals surface area contributed by atoms with Gasteiger partial charge in [0.25, 0.3) is 0 Å². The number of rotatable bonds is 4. The minimum absolute atomic E-state index is 0.595. The lowest BCUT2D eigenvalue weighted by Crippen LogP contribution is -2.63. The van der Waals surface area contributed by atoms with Gasteiger partial charge in [0, 0.05) is 4.57 Å². The predicted octanol–water partition coefficient (Wildman–Crippen LogP) is -3.22. The summed E-state index contributed by atoms with van der Waals surface area (Å²) in [5, 5.41) is 37.8. The average Bonchev–Trinajstić information content (AvgIpc) is 2.28. The van der Waals surface area contributed by atoms with Crippen LogP contribution in [-0.4, -0.2) is 68.7 Å². The Balaban J connectivity index is 2.60. The molecular weight excluding hydrogens is 257 g/mol.